The molecule has 0 radical (unpaired) electrons. The predicted molar refractivity (Wildman–Crippen MR) is 65.1 cm³/mol. The van der Waals surface area contributed by atoms with Gasteiger partial charge in [0.05, 0.1) is 5.92 Å². The third-order valence-corrected chi connectivity index (χ3v) is 3.08. The fraction of sp³-hybridized carbons (Fsp3) is 0.417. The van der Waals surface area contributed by atoms with Crippen LogP contribution in [0.15, 0.2) is 18.2 Å². The average molecular weight is 219 g/mol. The van der Waals surface area contributed by atoms with E-state index in [1.165, 1.54) is 11.3 Å². The highest BCUT2D eigenvalue weighted by Crippen LogP contribution is 2.29. The van der Waals surface area contributed by atoms with Crippen LogP contribution in [0.1, 0.15) is 12.5 Å². The van der Waals surface area contributed by atoms with E-state index >= 15 is 0 Å². The Morgan fingerprint density at radius 3 is 3.00 bits per heavy atom. The molecule has 4 N–H and O–H groups in total. The second kappa shape index (κ2) is 4.04. The Labute approximate surface area is 95.2 Å². The van der Waals surface area contributed by atoms with Crippen molar-refractivity contribution < 1.29 is 4.79 Å². The van der Waals surface area contributed by atoms with E-state index in [-0.39, 0.29) is 11.8 Å². The summed E-state index contributed by atoms with van der Waals surface area (Å²) in [5, 5.41) is 0. The Balaban J connectivity index is 2.15. The van der Waals surface area contributed by atoms with Crippen molar-refractivity contribution in [2.45, 2.75) is 13.3 Å². The first-order valence-corrected chi connectivity index (χ1v) is 5.50. The van der Waals surface area contributed by atoms with Crippen LogP contribution >= 0.6 is 0 Å². The first kappa shape index (κ1) is 10.8. The van der Waals surface area contributed by atoms with Gasteiger partial charge in [0.25, 0.3) is 0 Å². The average Bonchev–Trinajstić information content (AvgIpc) is 2.60. The lowest BCUT2D eigenvalue weighted by Gasteiger charge is -2.22. The Bertz CT molecular complexity index is 417. The molecule has 1 aromatic carbocycles. The van der Waals surface area contributed by atoms with E-state index in [0.717, 1.165) is 18.7 Å². The molecule has 0 saturated carbocycles. The van der Waals surface area contributed by atoms with Crippen molar-refractivity contribution in [3.05, 3.63) is 23.8 Å². The molecule has 16 heavy (non-hydrogen) atoms. The molecule has 1 aliphatic heterocycles. The summed E-state index contributed by atoms with van der Waals surface area (Å²) >= 11 is 0. The summed E-state index contributed by atoms with van der Waals surface area (Å²) in [6.07, 6.45) is 0.992. The zero-order chi connectivity index (χ0) is 11.7. The van der Waals surface area contributed by atoms with Crippen LogP contribution in [0.5, 0.6) is 0 Å². The Hall–Kier alpha value is -1.71. The van der Waals surface area contributed by atoms with Gasteiger partial charge in [-0.15, -0.1) is 0 Å². The molecular formula is C12H17N3O. The summed E-state index contributed by atoms with van der Waals surface area (Å²) in [6, 6.07) is 5.92. The maximum absolute atomic E-state index is 11.0. The van der Waals surface area contributed by atoms with Gasteiger partial charge >= 0.3 is 0 Å². The minimum absolute atomic E-state index is 0.122. The number of anilines is 2. The number of nitrogens with zero attached hydrogens (tertiary/aromatic N) is 1. The zero-order valence-corrected chi connectivity index (χ0v) is 9.44. The predicted octanol–water partition coefficient (Wildman–Crippen LogP) is 0.753. The summed E-state index contributed by atoms with van der Waals surface area (Å²) in [4.78, 5) is 13.2. The molecule has 0 aliphatic carbocycles. The van der Waals surface area contributed by atoms with E-state index in [0.29, 0.717) is 6.54 Å². The minimum atomic E-state index is -0.246. The minimum Gasteiger partial charge on any atom is -0.399 e. The van der Waals surface area contributed by atoms with Gasteiger partial charge in [-0.3, -0.25) is 4.79 Å². The van der Waals surface area contributed by atoms with Gasteiger partial charge in [0.15, 0.2) is 0 Å². The second-order valence-electron chi connectivity index (χ2n) is 4.39. The van der Waals surface area contributed by atoms with Crippen LogP contribution in [0.3, 0.4) is 0 Å². The number of nitrogen functional groups attached to an aromatic ring is 1. The number of carbonyl (C=O) groups excluding carboxylic acids is 1. The highest BCUT2D eigenvalue weighted by atomic mass is 16.1. The lowest BCUT2D eigenvalue weighted by molar-refractivity contribution is -0.121. The van der Waals surface area contributed by atoms with Gasteiger partial charge in [0.2, 0.25) is 5.91 Å². The van der Waals surface area contributed by atoms with Crippen LogP contribution in [0.4, 0.5) is 11.4 Å². The fourth-order valence-electron chi connectivity index (χ4n) is 2.10. The lowest BCUT2D eigenvalue weighted by Crippen LogP contribution is -2.33. The third kappa shape index (κ3) is 1.96. The maximum Gasteiger partial charge on any atom is 0.222 e. The molecule has 86 valence electrons. The number of carbonyl (C=O) groups is 1. The maximum atomic E-state index is 11.0. The van der Waals surface area contributed by atoms with Crippen LogP contribution in [-0.4, -0.2) is 19.0 Å². The van der Waals surface area contributed by atoms with Crippen molar-refractivity contribution >= 4 is 17.3 Å². The molecular weight excluding hydrogens is 202 g/mol. The summed E-state index contributed by atoms with van der Waals surface area (Å²) in [7, 11) is 0. The van der Waals surface area contributed by atoms with Crippen LogP contribution in [0.25, 0.3) is 0 Å². The van der Waals surface area contributed by atoms with Gasteiger partial charge in [0, 0.05) is 24.5 Å². The van der Waals surface area contributed by atoms with Gasteiger partial charge in [0.1, 0.15) is 0 Å². The molecule has 0 aromatic heterocycles. The van der Waals surface area contributed by atoms with E-state index in [1.54, 1.807) is 0 Å². The molecule has 0 bridgehead atoms. The van der Waals surface area contributed by atoms with Crippen LogP contribution in [0, 0.1) is 5.92 Å². The SMILES string of the molecule is CC(CN1CCc2cc(N)ccc21)C(N)=O. The van der Waals surface area contributed by atoms with E-state index in [2.05, 4.69) is 4.90 Å². The standard InChI is InChI=1S/C12H17N3O/c1-8(12(14)16)7-15-5-4-9-6-10(13)2-3-11(9)15/h2-3,6,8H,4-5,7,13H2,1H3,(H2,14,16). The van der Waals surface area contributed by atoms with E-state index in [4.69, 9.17) is 11.5 Å². The number of benzene rings is 1. The van der Waals surface area contributed by atoms with Crippen molar-refractivity contribution in [1.29, 1.82) is 0 Å². The van der Waals surface area contributed by atoms with Crippen molar-refractivity contribution in [3.63, 3.8) is 0 Å². The molecule has 4 nitrogen and oxygen atoms in total. The topological polar surface area (TPSA) is 72.3 Å². The number of hydrogen-bond acceptors (Lipinski definition) is 3. The molecule has 0 spiro atoms. The van der Waals surface area contributed by atoms with Crippen molar-refractivity contribution in [3.8, 4) is 0 Å². The van der Waals surface area contributed by atoms with Gasteiger partial charge in [-0.25, -0.2) is 0 Å². The summed E-state index contributed by atoms with van der Waals surface area (Å²) < 4.78 is 0. The summed E-state index contributed by atoms with van der Waals surface area (Å²) in [5.74, 6) is -0.368. The molecule has 1 atom stereocenters. The monoisotopic (exact) mass is 219 g/mol. The number of hydrogen-bond donors (Lipinski definition) is 2. The van der Waals surface area contributed by atoms with Gasteiger partial charge in [-0.2, -0.15) is 0 Å². The Morgan fingerprint density at radius 2 is 2.31 bits per heavy atom. The van der Waals surface area contributed by atoms with E-state index in [9.17, 15) is 4.79 Å². The van der Waals surface area contributed by atoms with Crippen LogP contribution < -0.4 is 16.4 Å². The highest BCUT2D eigenvalue weighted by Gasteiger charge is 2.22. The summed E-state index contributed by atoms with van der Waals surface area (Å²) in [6.45, 7) is 3.49. The number of nitrogens with two attached hydrogens (primary N) is 2. The molecule has 1 amide bonds. The van der Waals surface area contributed by atoms with Gasteiger partial charge in [-0.1, -0.05) is 6.92 Å². The summed E-state index contributed by atoms with van der Waals surface area (Å²) in [5.41, 5.74) is 14.2. The molecule has 0 fully saturated rings. The highest BCUT2D eigenvalue weighted by molar-refractivity contribution is 5.77. The number of fused-ring (bicyclic) bond motifs is 1. The second-order valence-corrected chi connectivity index (χ2v) is 4.39. The number of primary amides is 1. The van der Waals surface area contributed by atoms with Crippen molar-refractivity contribution in [1.82, 2.24) is 0 Å². The molecule has 1 aliphatic rings. The first-order chi connectivity index (χ1) is 7.58. The molecule has 2 rings (SSSR count). The Morgan fingerprint density at radius 1 is 1.56 bits per heavy atom. The molecule has 1 heterocycles. The lowest BCUT2D eigenvalue weighted by atomic mass is 10.1. The largest absolute Gasteiger partial charge is 0.399 e. The van der Waals surface area contributed by atoms with Crippen molar-refractivity contribution in [2.24, 2.45) is 11.7 Å². The van der Waals surface area contributed by atoms with E-state index in [1.807, 2.05) is 25.1 Å². The fourth-order valence-corrected chi connectivity index (χ4v) is 2.10. The smallest absolute Gasteiger partial charge is 0.222 e. The molecule has 1 aromatic rings. The molecule has 4 heteroatoms. The van der Waals surface area contributed by atoms with E-state index < -0.39 is 0 Å². The van der Waals surface area contributed by atoms with Gasteiger partial charge in [-0.05, 0) is 30.2 Å². The normalized spacial score (nSPS) is 15.9. The molecule has 0 saturated heterocycles. The first-order valence-electron chi connectivity index (χ1n) is 5.50. The molecule has 1 unspecified atom stereocenters. The third-order valence-electron chi connectivity index (χ3n) is 3.08. The Kier molecular flexibility index (Phi) is 2.73. The van der Waals surface area contributed by atoms with Gasteiger partial charge < -0.3 is 16.4 Å². The number of rotatable bonds is 3. The van der Waals surface area contributed by atoms with Crippen LogP contribution in [0.2, 0.25) is 0 Å². The number of amides is 1. The van der Waals surface area contributed by atoms with Crippen LogP contribution in [-0.2, 0) is 11.2 Å². The zero-order valence-electron chi connectivity index (χ0n) is 9.44. The van der Waals surface area contributed by atoms with Crippen molar-refractivity contribution in [2.75, 3.05) is 23.7 Å². The quantitative estimate of drug-likeness (QED) is 0.737.